The molecule has 6 heteroatoms. The second-order valence-corrected chi connectivity index (χ2v) is 5.70. The van der Waals surface area contributed by atoms with E-state index in [1.165, 1.54) is 0 Å². The van der Waals surface area contributed by atoms with E-state index in [1.54, 1.807) is 24.0 Å². The number of aryl methyl sites for hydroxylation is 3. The van der Waals surface area contributed by atoms with Gasteiger partial charge in [0.2, 0.25) is 0 Å². The van der Waals surface area contributed by atoms with Crippen molar-refractivity contribution in [3.63, 3.8) is 0 Å². The first kappa shape index (κ1) is 13.9. The van der Waals surface area contributed by atoms with Crippen LogP contribution < -0.4 is 0 Å². The van der Waals surface area contributed by atoms with Crippen LogP contribution in [-0.2, 0) is 7.05 Å². The Morgan fingerprint density at radius 2 is 2.19 bits per heavy atom. The summed E-state index contributed by atoms with van der Waals surface area (Å²) in [6.07, 6.45) is 5.68. The highest BCUT2D eigenvalue weighted by Gasteiger charge is 2.28. The van der Waals surface area contributed by atoms with Crippen LogP contribution >= 0.6 is 0 Å². The van der Waals surface area contributed by atoms with Crippen molar-refractivity contribution in [3.8, 4) is 0 Å². The average Bonchev–Trinajstić information content (AvgIpc) is 3.04. The zero-order valence-electron chi connectivity index (χ0n) is 12.8. The Balaban J connectivity index is 1.80. The summed E-state index contributed by atoms with van der Waals surface area (Å²) in [5, 5.41) is 4.08. The standard InChI is InChI=1S/C15H21N5O/c1-11-9-16-12(2)20(11)13-5-4-8-19(10-13)15(21)14-6-7-17-18(14)3/h6-7,9,13H,4-5,8,10H2,1-3H3. The normalized spacial score (nSPS) is 19.0. The Bertz CT molecular complexity index is 637. The molecule has 21 heavy (non-hydrogen) atoms. The van der Waals surface area contributed by atoms with E-state index in [0.717, 1.165) is 37.4 Å². The lowest BCUT2D eigenvalue weighted by atomic mass is 10.0. The molecule has 1 aliphatic rings. The predicted octanol–water partition coefficient (Wildman–Crippen LogP) is 1.71. The summed E-state index contributed by atoms with van der Waals surface area (Å²) in [4.78, 5) is 18.9. The van der Waals surface area contributed by atoms with Crippen LogP contribution in [0.25, 0.3) is 0 Å². The van der Waals surface area contributed by atoms with Crippen molar-refractivity contribution in [2.24, 2.45) is 7.05 Å². The van der Waals surface area contributed by atoms with Gasteiger partial charge in [0.15, 0.2) is 0 Å². The molecule has 1 amide bonds. The first-order valence-electron chi connectivity index (χ1n) is 7.35. The first-order chi connectivity index (χ1) is 10.1. The molecular weight excluding hydrogens is 266 g/mol. The predicted molar refractivity (Wildman–Crippen MR) is 79.1 cm³/mol. The summed E-state index contributed by atoms with van der Waals surface area (Å²) in [6, 6.07) is 2.10. The van der Waals surface area contributed by atoms with Gasteiger partial charge in [0.1, 0.15) is 11.5 Å². The molecule has 2 aromatic heterocycles. The zero-order valence-corrected chi connectivity index (χ0v) is 12.8. The molecule has 112 valence electrons. The van der Waals surface area contributed by atoms with Gasteiger partial charge in [-0.1, -0.05) is 0 Å². The molecule has 0 aliphatic carbocycles. The molecule has 6 nitrogen and oxygen atoms in total. The number of amides is 1. The van der Waals surface area contributed by atoms with Crippen LogP contribution in [-0.4, -0.2) is 43.2 Å². The summed E-state index contributed by atoms with van der Waals surface area (Å²) in [6.45, 7) is 5.64. The number of piperidine rings is 1. The van der Waals surface area contributed by atoms with Crippen LogP contribution in [0.2, 0.25) is 0 Å². The molecule has 0 N–H and O–H groups in total. The van der Waals surface area contributed by atoms with Crippen LogP contribution in [0.15, 0.2) is 18.5 Å². The van der Waals surface area contributed by atoms with Gasteiger partial charge in [0.05, 0.1) is 6.04 Å². The SMILES string of the molecule is Cc1cnc(C)n1C1CCCN(C(=O)c2ccnn2C)C1. The highest BCUT2D eigenvalue weighted by Crippen LogP contribution is 2.25. The van der Waals surface area contributed by atoms with Gasteiger partial charge in [0.25, 0.3) is 5.91 Å². The van der Waals surface area contributed by atoms with Crippen molar-refractivity contribution in [2.45, 2.75) is 32.7 Å². The molecule has 0 bridgehead atoms. The molecule has 1 fully saturated rings. The number of imidazole rings is 1. The third-order valence-corrected chi connectivity index (χ3v) is 4.26. The van der Waals surface area contributed by atoms with E-state index in [2.05, 4.69) is 21.6 Å². The fraction of sp³-hybridized carbons (Fsp3) is 0.533. The number of nitrogens with zero attached hydrogens (tertiary/aromatic N) is 5. The molecule has 3 rings (SSSR count). The van der Waals surface area contributed by atoms with E-state index in [0.29, 0.717) is 11.7 Å². The maximum absolute atomic E-state index is 12.6. The highest BCUT2D eigenvalue weighted by atomic mass is 16.2. The van der Waals surface area contributed by atoms with Gasteiger partial charge in [-0.15, -0.1) is 0 Å². The fourth-order valence-electron chi connectivity index (χ4n) is 3.21. The van der Waals surface area contributed by atoms with Gasteiger partial charge >= 0.3 is 0 Å². The van der Waals surface area contributed by atoms with Gasteiger partial charge < -0.3 is 9.47 Å². The summed E-state index contributed by atoms with van der Waals surface area (Å²) in [7, 11) is 1.80. The van der Waals surface area contributed by atoms with E-state index < -0.39 is 0 Å². The van der Waals surface area contributed by atoms with Crippen LogP contribution in [0.5, 0.6) is 0 Å². The molecule has 1 unspecified atom stereocenters. The largest absolute Gasteiger partial charge is 0.335 e. The van der Waals surface area contributed by atoms with Crippen molar-refractivity contribution >= 4 is 5.91 Å². The van der Waals surface area contributed by atoms with Gasteiger partial charge in [-0.25, -0.2) is 4.98 Å². The number of hydrogen-bond acceptors (Lipinski definition) is 3. The minimum absolute atomic E-state index is 0.0649. The van der Waals surface area contributed by atoms with Crippen molar-refractivity contribution in [1.82, 2.24) is 24.2 Å². The second kappa shape index (κ2) is 5.35. The van der Waals surface area contributed by atoms with Crippen molar-refractivity contribution in [3.05, 3.63) is 35.7 Å². The third-order valence-electron chi connectivity index (χ3n) is 4.26. The minimum Gasteiger partial charge on any atom is -0.335 e. The quantitative estimate of drug-likeness (QED) is 0.845. The Morgan fingerprint density at radius 3 is 2.81 bits per heavy atom. The third kappa shape index (κ3) is 2.46. The number of rotatable bonds is 2. The van der Waals surface area contributed by atoms with Crippen LogP contribution in [0.4, 0.5) is 0 Å². The molecule has 2 aromatic rings. The Hall–Kier alpha value is -2.11. The Morgan fingerprint density at radius 1 is 1.38 bits per heavy atom. The highest BCUT2D eigenvalue weighted by molar-refractivity contribution is 5.92. The van der Waals surface area contributed by atoms with Gasteiger partial charge in [-0.2, -0.15) is 5.10 Å². The van der Waals surface area contributed by atoms with Crippen LogP contribution in [0.1, 0.15) is 40.9 Å². The lowest BCUT2D eigenvalue weighted by Gasteiger charge is -2.34. The fourth-order valence-corrected chi connectivity index (χ4v) is 3.21. The maximum Gasteiger partial charge on any atom is 0.272 e. The molecule has 3 heterocycles. The number of hydrogen-bond donors (Lipinski definition) is 0. The second-order valence-electron chi connectivity index (χ2n) is 5.70. The molecule has 0 radical (unpaired) electrons. The monoisotopic (exact) mass is 287 g/mol. The first-order valence-corrected chi connectivity index (χ1v) is 7.35. The molecule has 1 atom stereocenters. The van der Waals surface area contributed by atoms with Gasteiger partial charge in [-0.3, -0.25) is 9.48 Å². The number of carbonyl (C=O) groups is 1. The molecule has 0 saturated carbocycles. The summed E-state index contributed by atoms with van der Waals surface area (Å²) in [5.74, 6) is 1.09. The Kier molecular flexibility index (Phi) is 3.53. The number of carbonyl (C=O) groups excluding carboxylic acids is 1. The summed E-state index contributed by atoms with van der Waals surface area (Å²) in [5.41, 5.74) is 1.81. The van der Waals surface area contributed by atoms with Crippen LogP contribution in [0.3, 0.4) is 0 Å². The lowest BCUT2D eigenvalue weighted by Crippen LogP contribution is -2.41. The maximum atomic E-state index is 12.6. The van der Waals surface area contributed by atoms with E-state index in [4.69, 9.17) is 0 Å². The molecule has 0 aromatic carbocycles. The molecule has 0 spiro atoms. The van der Waals surface area contributed by atoms with Crippen LogP contribution in [0, 0.1) is 13.8 Å². The zero-order chi connectivity index (χ0) is 15.0. The topological polar surface area (TPSA) is 56.0 Å². The van der Waals surface area contributed by atoms with E-state index >= 15 is 0 Å². The number of aromatic nitrogens is 4. The van der Waals surface area contributed by atoms with Crippen molar-refractivity contribution in [2.75, 3.05) is 13.1 Å². The van der Waals surface area contributed by atoms with Gasteiger partial charge in [-0.05, 0) is 32.8 Å². The minimum atomic E-state index is 0.0649. The van der Waals surface area contributed by atoms with Gasteiger partial charge in [0, 0.05) is 38.2 Å². The summed E-state index contributed by atoms with van der Waals surface area (Å²) >= 11 is 0. The van der Waals surface area contributed by atoms with Crippen molar-refractivity contribution < 1.29 is 4.79 Å². The molecule has 1 aliphatic heterocycles. The lowest BCUT2D eigenvalue weighted by molar-refractivity contribution is 0.0666. The number of likely N-dealkylation sites (tertiary alicyclic amines) is 1. The molecular formula is C15H21N5O. The van der Waals surface area contributed by atoms with E-state index in [1.807, 2.05) is 18.0 Å². The smallest absolute Gasteiger partial charge is 0.272 e. The average molecular weight is 287 g/mol. The van der Waals surface area contributed by atoms with E-state index in [9.17, 15) is 4.79 Å². The summed E-state index contributed by atoms with van der Waals surface area (Å²) < 4.78 is 3.89. The van der Waals surface area contributed by atoms with Crippen molar-refractivity contribution in [1.29, 1.82) is 0 Å². The Labute approximate surface area is 124 Å². The molecule has 1 saturated heterocycles. The van der Waals surface area contributed by atoms with E-state index in [-0.39, 0.29) is 5.91 Å².